The van der Waals surface area contributed by atoms with Crippen LogP contribution in [0, 0.1) is 0 Å². The second-order valence-electron chi connectivity index (χ2n) is 17.3. The van der Waals surface area contributed by atoms with Crippen molar-refractivity contribution in [1.82, 2.24) is 19.8 Å². The van der Waals surface area contributed by atoms with Crippen LogP contribution in [0.2, 0.25) is 10.0 Å². The first kappa shape index (κ1) is 43.8. The van der Waals surface area contributed by atoms with Crippen molar-refractivity contribution >= 4 is 90.4 Å². The summed E-state index contributed by atoms with van der Waals surface area (Å²) in [6.07, 6.45) is 6.23. The average molecular weight is 876 g/mol. The van der Waals surface area contributed by atoms with Crippen LogP contribution < -0.4 is 0 Å². The van der Waals surface area contributed by atoms with E-state index < -0.39 is 58.2 Å². The Morgan fingerprint density at radius 2 is 1.07 bits per heavy atom. The van der Waals surface area contributed by atoms with Crippen LogP contribution in [0.5, 0.6) is 0 Å². The zero-order valence-corrected chi connectivity index (χ0v) is 37.5. The molecule has 58 heavy (non-hydrogen) atoms. The van der Waals surface area contributed by atoms with Crippen LogP contribution in [0.4, 0.5) is 9.59 Å². The van der Waals surface area contributed by atoms with Crippen molar-refractivity contribution in [2.75, 3.05) is 26.3 Å². The van der Waals surface area contributed by atoms with E-state index in [1.807, 2.05) is 67.5 Å². The van der Waals surface area contributed by atoms with E-state index in [1.54, 1.807) is 34.3 Å². The molecule has 0 aliphatic carbocycles. The molecule has 0 radical (unpaired) electrons. The van der Waals surface area contributed by atoms with Crippen molar-refractivity contribution in [2.45, 2.75) is 128 Å². The first-order valence-electron chi connectivity index (χ1n) is 19.7. The number of ether oxygens (including phenoxy) is 4. The Morgan fingerprint density at radius 1 is 0.690 bits per heavy atom. The lowest BCUT2D eigenvalue weighted by Gasteiger charge is -2.42. The maximum absolute atomic E-state index is 13.8. The highest BCUT2D eigenvalue weighted by Crippen LogP contribution is 2.47. The molecule has 0 spiro atoms. The van der Waals surface area contributed by atoms with Gasteiger partial charge in [0.1, 0.15) is 34.1 Å². The fourth-order valence-corrected chi connectivity index (χ4v) is 11.1. The Bertz CT molecular complexity index is 2030. The van der Waals surface area contributed by atoms with Crippen LogP contribution in [0.25, 0.3) is 20.4 Å². The maximum Gasteiger partial charge on any atom is 0.417 e. The van der Waals surface area contributed by atoms with E-state index in [9.17, 15) is 19.2 Å². The molecule has 2 fully saturated rings. The fourth-order valence-electron chi connectivity index (χ4n) is 7.99. The average Bonchev–Trinajstić information content (AvgIpc) is 3.70. The van der Waals surface area contributed by atoms with Gasteiger partial charge in [0.05, 0.1) is 20.9 Å². The second kappa shape index (κ2) is 17.1. The Morgan fingerprint density at radius 3 is 1.41 bits per heavy atom. The topological polar surface area (TPSA) is 137 Å². The van der Waals surface area contributed by atoms with E-state index in [0.717, 1.165) is 20.5 Å². The number of rotatable bonds is 6. The molecule has 0 N–H and O–H groups in total. The van der Waals surface area contributed by atoms with Crippen molar-refractivity contribution in [3.63, 3.8) is 0 Å². The molecule has 0 aromatic carbocycles. The minimum Gasteiger partial charge on any atom is -0.456 e. The van der Waals surface area contributed by atoms with E-state index in [2.05, 4.69) is 9.97 Å². The van der Waals surface area contributed by atoms with Gasteiger partial charge in [0.2, 0.25) is 0 Å². The number of fused-ring (bicyclic) bond motifs is 2. The van der Waals surface area contributed by atoms with Gasteiger partial charge in [-0.2, -0.15) is 0 Å². The van der Waals surface area contributed by atoms with Gasteiger partial charge in [0.15, 0.2) is 0 Å². The number of carbonyl (C=O) groups is 4. The van der Waals surface area contributed by atoms with Crippen LogP contribution in [0.3, 0.4) is 0 Å². The molecule has 2 saturated heterocycles. The summed E-state index contributed by atoms with van der Waals surface area (Å²) < 4.78 is 23.5. The molecular formula is C42H52Cl2N4O8S2. The van der Waals surface area contributed by atoms with Crippen molar-refractivity contribution < 1.29 is 38.1 Å². The summed E-state index contributed by atoms with van der Waals surface area (Å²) in [4.78, 5) is 70.4. The maximum atomic E-state index is 13.8. The van der Waals surface area contributed by atoms with Gasteiger partial charge < -0.3 is 28.7 Å². The number of hydrogen-bond donors (Lipinski definition) is 0. The van der Waals surface area contributed by atoms with E-state index in [4.69, 9.17) is 42.1 Å². The van der Waals surface area contributed by atoms with E-state index in [-0.39, 0.29) is 13.2 Å². The monoisotopic (exact) mass is 874 g/mol. The smallest absolute Gasteiger partial charge is 0.417 e. The van der Waals surface area contributed by atoms with Crippen LogP contribution in [0.1, 0.15) is 104 Å². The summed E-state index contributed by atoms with van der Waals surface area (Å²) in [5.41, 5.74) is -3.34. The number of pyridine rings is 2. The molecule has 314 valence electrons. The number of thiophene rings is 2. The van der Waals surface area contributed by atoms with E-state index in [0.29, 0.717) is 71.3 Å². The van der Waals surface area contributed by atoms with Gasteiger partial charge in [-0.15, -0.1) is 22.7 Å². The van der Waals surface area contributed by atoms with Gasteiger partial charge in [0.25, 0.3) is 0 Å². The molecule has 2 aliphatic rings. The normalized spacial score (nSPS) is 23.3. The standard InChI is InChI=1S/C42H52Cl2N4O8S2/c1-25-41(31-21-27-29(43)13-17-45-33(27)57-31,15-9-11-19-47(25)37(51)55-39(3,4)5)23-53-35(49)36(50)54-24-42(32-22-28-30(44)14-18-46-34(28)58-32)16-10-12-20-48(26(42)2)38(52)56-40(6,7)8/h13-14,17-18,21-22,25-26H,9-12,15-16,19-20,23-24H2,1-8H3. The number of aromatic nitrogens is 2. The van der Waals surface area contributed by atoms with Crippen molar-refractivity contribution in [3.05, 3.63) is 56.5 Å². The fraction of sp³-hybridized carbons (Fsp3) is 0.571. The van der Waals surface area contributed by atoms with Gasteiger partial charge in [-0.25, -0.2) is 29.1 Å². The molecule has 0 saturated carbocycles. The molecule has 4 aromatic rings. The van der Waals surface area contributed by atoms with Gasteiger partial charge >= 0.3 is 24.1 Å². The zero-order valence-electron chi connectivity index (χ0n) is 34.3. The summed E-state index contributed by atoms with van der Waals surface area (Å²) in [6, 6.07) is 6.29. The third-order valence-corrected chi connectivity index (χ3v) is 14.4. The molecule has 6 rings (SSSR count). The highest BCUT2D eigenvalue weighted by Gasteiger charge is 2.49. The van der Waals surface area contributed by atoms with Crippen molar-refractivity contribution in [1.29, 1.82) is 0 Å². The molecule has 0 bridgehead atoms. The highest BCUT2D eigenvalue weighted by atomic mass is 35.5. The Kier molecular flexibility index (Phi) is 12.9. The molecule has 6 heterocycles. The quantitative estimate of drug-likeness (QED) is 0.105. The van der Waals surface area contributed by atoms with Gasteiger partial charge in [0, 0.05) is 58.1 Å². The lowest BCUT2D eigenvalue weighted by Crippen LogP contribution is -2.54. The van der Waals surface area contributed by atoms with Gasteiger partial charge in [-0.05, 0) is 105 Å². The summed E-state index contributed by atoms with van der Waals surface area (Å²) in [6.45, 7) is 15.2. The summed E-state index contributed by atoms with van der Waals surface area (Å²) >= 11 is 16.0. The number of nitrogens with zero attached hydrogens (tertiary/aromatic N) is 4. The molecular weight excluding hydrogens is 824 g/mol. The van der Waals surface area contributed by atoms with Crippen LogP contribution in [-0.2, 0) is 39.4 Å². The summed E-state index contributed by atoms with van der Waals surface area (Å²) in [5.74, 6) is -2.34. The summed E-state index contributed by atoms with van der Waals surface area (Å²) in [7, 11) is 0. The molecule has 12 nitrogen and oxygen atoms in total. The van der Waals surface area contributed by atoms with Crippen molar-refractivity contribution in [2.24, 2.45) is 0 Å². The van der Waals surface area contributed by atoms with E-state index >= 15 is 0 Å². The lowest BCUT2D eigenvalue weighted by atomic mass is 9.76. The third-order valence-electron chi connectivity index (χ3n) is 11.2. The molecule has 16 heteroatoms. The molecule has 2 aliphatic heterocycles. The van der Waals surface area contributed by atoms with Crippen LogP contribution in [-0.4, -0.2) is 93.5 Å². The molecule has 4 unspecified atom stereocenters. The predicted molar refractivity (Wildman–Crippen MR) is 227 cm³/mol. The molecule has 4 atom stereocenters. The van der Waals surface area contributed by atoms with Crippen LogP contribution in [0.15, 0.2) is 36.7 Å². The predicted octanol–water partition coefficient (Wildman–Crippen LogP) is 10.1. The minimum absolute atomic E-state index is 0.222. The number of esters is 2. The first-order chi connectivity index (χ1) is 27.2. The van der Waals surface area contributed by atoms with E-state index in [1.165, 1.54) is 22.7 Å². The number of hydrogen-bond acceptors (Lipinski definition) is 12. The minimum atomic E-state index is -1.17. The third kappa shape index (κ3) is 9.19. The number of halogens is 2. The Labute approximate surface area is 357 Å². The largest absolute Gasteiger partial charge is 0.456 e. The first-order valence-corrected chi connectivity index (χ1v) is 22.1. The zero-order chi connectivity index (χ0) is 42.2. The lowest BCUT2D eigenvalue weighted by molar-refractivity contribution is -0.170. The Hall–Kier alpha value is -3.72. The summed E-state index contributed by atoms with van der Waals surface area (Å²) in [5, 5.41) is 2.54. The second-order valence-corrected chi connectivity index (χ2v) is 20.2. The molecule has 4 aromatic heterocycles. The SMILES string of the molecule is CC1N(C(=O)OC(C)(C)C)CCCCC1(COC(=O)C(=O)OCC1(c2cc3c(Cl)ccnc3s2)CCCCN(C(=O)OC(C)(C)C)C1C)c1cc2c(Cl)ccnc2s1. The van der Waals surface area contributed by atoms with Gasteiger partial charge in [-0.1, -0.05) is 36.0 Å². The van der Waals surface area contributed by atoms with Crippen molar-refractivity contribution in [3.8, 4) is 0 Å². The number of likely N-dealkylation sites (tertiary alicyclic amines) is 2. The molecule has 2 amide bonds. The highest BCUT2D eigenvalue weighted by molar-refractivity contribution is 7.19. The van der Waals surface area contributed by atoms with Crippen LogP contribution >= 0.6 is 45.9 Å². The Balaban J connectivity index is 1.30. The number of amides is 2. The number of carbonyl (C=O) groups excluding carboxylic acids is 4. The van der Waals surface area contributed by atoms with Gasteiger partial charge in [-0.3, -0.25) is 0 Å².